The van der Waals surface area contributed by atoms with Crippen molar-refractivity contribution in [2.75, 3.05) is 17.7 Å². The maximum atomic E-state index is 13.4. The largest absolute Gasteiger partial charge is 0.399 e. The summed E-state index contributed by atoms with van der Waals surface area (Å²) in [6.45, 7) is -0.119. The molecule has 1 aromatic heterocycles. The fourth-order valence-electron chi connectivity index (χ4n) is 2.60. The standard InChI is InChI=1S/C19H14ClFN4O/c20-16-8-14(3-4-17(16)21)25-19-12(9-22)10-24-18-11(2-1-5-26)6-13(23)7-15(18)19/h1-4,6-8,10,26H,5,23H2,(H,24,25)/b2-1+. The first-order chi connectivity index (χ1) is 12.5. The number of hydrogen-bond donors (Lipinski definition) is 3. The van der Waals surface area contributed by atoms with Gasteiger partial charge in [0, 0.05) is 28.5 Å². The van der Waals surface area contributed by atoms with Crippen molar-refractivity contribution < 1.29 is 9.50 Å². The average molecular weight is 369 g/mol. The van der Waals surface area contributed by atoms with Gasteiger partial charge in [0.2, 0.25) is 0 Å². The number of rotatable bonds is 4. The normalized spacial score (nSPS) is 11.0. The summed E-state index contributed by atoms with van der Waals surface area (Å²) in [6, 6.07) is 9.71. The van der Waals surface area contributed by atoms with E-state index in [9.17, 15) is 9.65 Å². The average Bonchev–Trinajstić information content (AvgIpc) is 2.63. The summed E-state index contributed by atoms with van der Waals surface area (Å²) in [5.41, 5.74) is 9.11. The van der Waals surface area contributed by atoms with E-state index in [2.05, 4.69) is 16.4 Å². The van der Waals surface area contributed by atoms with Gasteiger partial charge >= 0.3 is 0 Å². The van der Waals surface area contributed by atoms with E-state index in [-0.39, 0.29) is 11.6 Å². The highest BCUT2D eigenvalue weighted by atomic mass is 35.5. The molecule has 130 valence electrons. The summed E-state index contributed by atoms with van der Waals surface area (Å²) >= 11 is 5.83. The Kier molecular flexibility index (Phi) is 5.03. The third-order valence-electron chi connectivity index (χ3n) is 3.74. The summed E-state index contributed by atoms with van der Waals surface area (Å²) in [5, 5.41) is 22.2. The Labute approximate surface area is 154 Å². The second-order valence-corrected chi connectivity index (χ2v) is 5.91. The van der Waals surface area contributed by atoms with Gasteiger partial charge < -0.3 is 16.2 Å². The molecular weight excluding hydrogens is 355 g/mol. The minimum atomic E-state index is -0.530. The van der Waals surface area contributed by atoms with Gasteiger partial charge in [-0.05, 0) is 30.3 Å². The maximum Gasteiger partial charge on any atom is 0.141 e. The number of nitrogens with zero attached hydrogens (tertiary/aromatic N) is 2. The Balaban J connectivity index is 2.22. The van der Waals surface area contributed by atoms with Crippen LogP contribution >= 0.6 is 11.6 Å². The molecule has 26 heavy (non-hydrogen) atoms. The molecule has 0 bridgehead atoms. The van der Waals surface area contributed by atoms with Gasteiger partial charge in [-0.15, -0.1) is 0 Å². The van der Waals surface area contributed by atoms with E-state index in [4.69, 9.17) is 22.4 Å². The number of nitrogens with one attached hydrogen (secondary N) is 1. The molecule has 0 aliphatic rings. The summed E-state index contributed by atoms with van der Waals surface area (Å²) in [6.07, 6.45) is 4.72. The molecule has 0 aliphatic heterocycles. The molecule has 0 spiro atoms. The molecule has 5 nitrogen and oxygen atoms in total. The Hall–Kier alpha value is -3.14. The topological polar surface area (TPSA) is 95.0 Å². The van der Waals surface area contributed by atoms with Crippen LogP contribution in [0.15, 0.2) is 42.6 Å². The Bertz CT molecular complexity index is 1060. The lowest BCUT2D eigenvalue weighted by molar-refractivity contribution is 0.343. The molecular formula is C19H14ClFN4O. The first-order valence-electron chi connectivity index (χ1n) is 7.65. The molecule has 4 N–H and O–H groups in total. The quantitative estimate of drug-likeness (QED) is 0.599. The molecule has 3 rings (SSSR count). The summed E-state index contributed by atoms with van der Waals surface area (Å²) in [5.74, 6) is -0.530. The van der Waals surface area contributed by atoms with Gasteiger partial charge in [-0.2, -0.15) is 5.26 Å². The van der Waals surface area contributed by atoms with E-state index in [1.807, 2.05) is 0 Å². The second kappa shape index (κ2) is 7.40. The van der Waals surface area contributed by atoms with E-state index >= 15 is 0 Å². The van der Waals surface area contributed by atoms with Crippen molar-refractivity contribution in [2.45, 2.75) is 0 Å². The van der Waals surface area contributed by atoms with Crippen molar-refractivity contribution in [3.63, 3.8) is 0 Å². The van der Waals surface area contributed by atoms with Gasteiger partial charge in [0.1, 0.15) is 11.9 Å². The van der Waals surface area contributed by atoms with E-state index in [0.717, 1.165) is 0 Å². The molecule has 0 radical (unpaired) electrons. The number of pyridine rings is 1. The van der Waals surface area contributed by atoms with Crippen molar-refractivity contribution in [3.05, 3.63) is 64.6 Å². The number of benzene rings is 2. The fraction of sp³-hybridized carbons (Fsp3) is 0.0526. The van der Waals surface area contributed by atoms with Crippen LogP contribution in [0.1, 0.15) is 11.1 Å². The Morgan fingerprint density at radius 2 is 2.15 bits per heavy atom. The van der Waals surface area contributed by atoms with Gasteiger partial charge in [0.15, 0.2) is 0 Å². The highest BCUT2D eigenvalue weighted by molar-refractivity contribution is 6.31. The Morgan fingerprint density at radius 3 is 2.85 bits per heavy atom. The number of nitriles is 1. The minimum absolute atomic E-state index is 0.0297. The fourth-order valence-corrected chi connectivity index (χ4v) is 2.78. The van der Waals surface area contributed by atoms with Crippen LogP contribution in [-0.2, 0) is 0 Å². The van der Waals surface area contributed by atoms with E-state index < -0.39 is 5.82 Å². The lowest BCUT2D eigenvalue weighted by Gasteiger charge is -2.14. The van der Waals surface area contributed by atoms with Crippen LogP contribution in [0, 0.1) is 17.1 Å². The van der Waals surface area contributed by atoms with Crippen LogP contribution in [0.5, 0.6) is 0 Å². The summed E-state index contributed by atoms with van der Waals surface area (Å²) in [4.78, 5) is 4.34. The molecule has 0 unspecified atom stereocenters. The molecule has 2 aromatic carbocycles. The number of nitrogens with two attached hydrogens (primary N) is 1. The molecule has 0 amide bonds. The number of aliphatic hydroxyl groups excluding tert-OH is 1. The van der Waals surface area contributed by atoms with Gasteiger partial charge in [-0.25, -0.2) is 4.39 Å². The smallest absolute Gasteiger partial charge is 0.141 e. The maximum absolute atomic E-state index is 13.4. The SMILES string of the molecule is N#Cc1cnc2c(/C=C/CO)cc(N)cc2c1Nc1ccc(F)c(Cl)c1. The highest BCUT2D eigenvalue weighted by Gasteiger charge is 2.13. The third-order valence-corrected chi connectivity index (χ3v) is 4.03. The van der Waals surface area contributed by atoms with Crippen LogP contribution in [0.3, 0.4) is 0 Å². The number of hydrogen-bond acceptors (Lipinski definition) is 5. The van der Waals surface area contributed by atoms with Crippen molar-refractivity contribution in [1.82, 2.24) is 4.98 Å². The minimum Gasteiger partial charge on any atom is -0.399 e. The van der Waals surface area contributed by atoms with Crippen molar-refractivity contribution in [3.8, 4) is 6.07 Å². The molecule has 0 saturated carbocycles. The van der Waals surface area contributed by atoms with Crippen molar-refractivity contribution in [1.29, 1.82) is 5.26 Å². The summed E-state index contributed by atoms with van der Waals surface area (Å²) in [7, 11) is 0. The zero-order valence-corrected chi connectivity index (χ0v) is 14.3. The molecule has 7 heteroatoms. The van der Waals surface area contributed by atoms with E-state index in [1.54, 1.807) is 24.3 Å². The third kappa shape index (κ3) is 3.45. The van der Waals surface area contributed by atoms with Crippen LogP contribution in [0.25, 0.3) is 17.0 Å². The lowest BCUT2D eigenvalue weighted by Crippen LogP contribution is -1.99. The Morgan fingerprint density at radius 1 is 1.35 bits per heavy atom. The number of nitrogen functional groups attached to an aromatic ring is 1. The number of aromatic nitrogens is 1. The van der Waals surface area contributed by atoms with E-state index in [0.29, 0.717) is 39.1 Å². The van der Waals surface area contributed by atoms with E-state index in [1.165, 1.54) is 24.4 Å². The second-order valence-electron chi connectivity index (χ2n) is 5.50. The lowest BCUT2D eigenvalue weighted by atomic mass is 10.0. The molecule has 0 fully saturated rings. The molecule has 0 aliphatic carbocycles. The van der Waals surface area contributed by atoms with Crippen LogP contribution in [-0.4, -0.2) is 16.7 Å². The molecule has 0 saturated heterocycles. The first kappa shape index (κ1) is 17.7. The molecule has 3 aromatic rings. The summed E-state index contributed by atoms with van der Waals surface area (Å²) < 4.78 is 13.4. The zero-order valence-electron chi connectivity index (χ0n) is 13.5. The first-order valence-corrected chi connectivity index (χ1v) is 8.03. The molecule has 1 heterocycles. The van der Waals surface area contributed by atoms with Gasteiger partial charge in [0.25, 0.3) is 0 Å². The number of halogens is 2. The predicted octanol–water partition coefficient (Wildman–Crippen LogP) is 4.23. The predicted molar refractivity (Wildman–Crippen MR) is 102 cm³/mol. The van der Waals surface area contributed by atoms with Crippen molar-refractivity contribution in [2.24, 2.45) is 0 Å². The number of aliphatic hydroxyl groups is 1. The van der Waals surface area contributed by atoms with Crippen LogP contribution in [0.4, 0.5) is 21.5 Å². The monoisotopic (exact) mass is 368 g/mol. The highest BCUT2D eigenvalue weighted by Crippen LogP contribution is 2.33. The zero-order chi connectivity index (χ0) is 18.7. The van der Waals surface area contributed by atoms with Gasteiger partial charge in [-0.3, -0.25) is 4.98 Å². The number of fused-ring (bicyclic) bond motifs is 1. The van der Waals surface area contributed by atoms with Crippen LogP contribution < -0.4 is 11.1 Å². The van der Waals surface area contributed by atoms with Crippen molar-refractivity contribution >= 4 is 45.6 Å². The van der Waals surface area contributed by atoms with Crippen LogP contribution in [0.2, 0.25) is 5.02 Å². The number of anilines is 3. The van der Waals surface area contributed by atoms with Gasteiger partial charge in [0.05, 0.1) is 28.4 Å². The van der Waals surface area contributed by atoms with Gasteiger partial charge in [-0.1, -0.05) is 23.8 Å². The molecule has 0 atom stereocenters.